The zero-order chi connectivity index (χ0) is 14.3. The SMILES string of the molecule is CC(C)CCC(=O)NCC(=O)N(C)C1CCNCC1.Cl. The van der Waals surface area contributed by atoms with Gasteiger partial charge in [0.05, 0.1) is 6.54 Å². The first-order chi connectivity index (χ1) is 9.00. The van der Waals surface area contributed by atoms with Crippen molar-refractivity contribution < 1.29 is 9.59 Å². The first kappa shape index (κ1) is 19.2. The van der Waals surface area contributed by atoms with E-state index in [1.54, 1.807) is 4.90 Å². The van der Waals surface area contributed by atoms with E-state index in [9.17, 15) is 9.59 Å². The second kappa shape index (κ2) is 10.00. The van der Waals surface area contributed by atoms with Gasteiger partial charge in [-0.15, -0.1) is 12.4 Å². The fourth-order valence-corrected chi connectivity index (χ4v) is 2.20. The summed E-state index contributed by atoms with van der Waals surface area (Å²) in [5.41, 5.74) is 0. The lowest BCUT2D eigenvalue weighted by Gasteiger charge is -2.31. The van der Waals surface area contributed by atoms with E-state index < -0.39 is 0 Å². The minimum Gasteiger partial charge on any atom is -0.347 e. The van der Waals surface area contributed by atoms with Gasteiger partial charge >= 0.3 is 0 Å². The Labute approximate surface area is 128 Å². The van der Waals surface area contributed by atoms with E-state index in [1.807, 2.05) is 7.05 Å². The molecular weight excluding hydrogens is 278 g/mol. The molecule has 0 atom stereocenters. The number of rotatable bonds is 6. The van der Waals surface area contributed by atoms with Crippen LogP contribution in [0.1, 0.15) is 39.5 Å². The molecular formula is C14H28ClN3O2. The van der Waals surface area contributed by atoms with Crippen LogP contribution >= 0.6 is 12.4 Å². The number of hydrogen-bond acceptors (Lipinski definition) is 3. The van der Waals surface area contributed by atoms with Gasteiger partial charge in [-0.25, -0.2) is 0 Å². The average Bonchev–Trinajstić information content (AvgIpc) is 2.42. The highest BCUT2D eigenvalue weighted by Gasteiger charge is 2.21. The summed E-state index contributed by atoms with van der Waals surface area (Å²) >= 11 is 0. The van der Waals surface area contributed by atoms with E-state index in [-0.39, 0.29) is 30.8 Å². The fourth-order valence-electron chi connectivity index (χ4n) is 2.20. The predicted octanol–water partition coefficient (Wildman–Crippen LogP) is 1.17. The monoisotopic (exact) mass is 305 g/mol. The Morgan fingerprint density at radius 2 is 1.90 bits per heavy atom. The number of nitrogens with one attached hydrogen (secondary N) is 2. The molecule has 2 amide bonds. The van der Waals surface area contributed by atoms with Crippen LogP contribution in [0.4, 0.5) is 0 Å². The molecule has 6 heteroatoms. The van der Waals surface area contributed by atoms with Crippen LogP contribution in [0.25, 0.3) is 0 Å². The van der Waals surface area contributed by atoms with Gasteiger partial charge in [0.1, 0.15) is 0 Å². The predicted molar refractivity (Wildman–Crippen MR) is 83.0 cm³/mol. The maximum absolute atomic E-state index is 12.0. The summed E-state index contributed by atoms with van der Waals surface area (Å²) in [6.45, 7) is 6.22. The third-order valence-electron chi connectivity index (χ3n) is 3.64. The molecule has 0 aliphatic carbocycles. The molecule has 0 unspecified atom stereocenters. The first-order valence-corrected chi connectivity index (χ1v) is 7.23. The second-order valence-corrected chi connectivity index (χ2v) is 5.70. The number of carbonyl (C=O) groups is 2. The van der Waals surface area contributed by atoms with Crippen molar-refractivity contribution in [3.05, 3.63) is 0 Å². The second-order valence-electron chi connectivity index (χ2n) is 5.70. The maximum Gasteiger partial charge on any atom is 0.241 e. The van der Waals surface area contributed by atoms with Gasteiger partial charge in [0.2, 0.25) is 11.8 Å². The lowest BCUT2D eigenvalue weighted by Crippen LogP contribution is -2.47. The molecule has 0 radical (unpaired) electrons. The van der Waals surface area contributed by atoms with Crippen LogP contribution < -0.4 is 10.6 Å². The molecule has 0 saturated carbocycles. The van der Waals surface area contributed by atoms with Crippen LogP contribution in [0, 0.1) is 5.92 Å². The summed E-state index contributed by atoms with van der Waals surface area (Å²) in [5, 5.41) is 5.99. The van der Waals surface area contributed by atoms with Gasteiger partial charge < -0.3 is 15.5 Å². The van der Waals surface area contributed by atoms with Gasteiger partial charge in [0, 0.05) is 19.5 Å². The summed E-state index contributed by atoms with van der Waals surface area (Å²) in [6, 6.07) is 0.307. The van der Waals surface area contributed by atoms with E-state index in [4.69, 9.17) is 0 Å². The highest BCUT2D eigenvalue weighted by Crippen LogP contribution is 2.09. The zero-order valence-corrected chi connectivity index (χ0v) is 13.6. The summed E-state index contributed by atoms with van der Waals surface area (Å²) in [7, 11) is 1.83. The molecule has 1 aliphatic rings. The summed E-state index contributed by atoms with van der Waals surface area (Å²) < 4.78 is 0. The van der Waals surface area contributed by atoms with Crippen molar-refractivity contribution >= 4 is 24.2 Å². The largest absolute Gasteiger partial charge is 0.347 e. The average molecular weight is 306 g/mol. The lowest BCUT2D eigenvalue weighted by atomic mass is 10.1. The van der Waals surface area contributed by atoms with Crippen LogP contribution in [0.2, 0.25) is 0 Å². The molecule has 0 aromatic rings. The molecule has 20 heavy (non-hydrogen) atoms. The van der Waals surface area contributed by atoms with Gasteiger partial charge in [-0.2, -0.15) is 0 Å². The normalized spacial score (nSPS) is 15.6. The quantitative estimate of drug-likeness (QED) is 0.774. The Morgan fingerprint density at radius 3 is 2.45 bits per heavy atom. The molecule has 1 aliphatic heterocycles. The van der Waals surface area contributed by atoms with Crippen molar-refractivity contribution in [3.8, 4) is 0 Å². The third-order valence-corrected chi connectivity index (χ3v) is 3.64. The number of hydrogen-bond donors (Lipinski definition) is 2. The highest BCUT2D eigenvalue weighted by atomic mass is 35.5. The Hall–Kier alpha value is -0.810. The van der Waals surface area contributed by atoms with Crippen LogP contribution in [-0.2, 0) is 9.59 Å². The summed E-state index contributed by atoms with van der Waals surface area (Å²) in [4.78, 5) is 25.3. The molecule has 0 aromatic carbocycles. The number of amides is 2. The molecule has 5 nitrogen and oxygen atoms in total. The number of piperidine rings is 1. The molecule has 0 aromatic heterocycles. The van der Waals surface area contributed by atoms with Crippen molar-refractivity contribution in [2.24, 2.45) is 5.92 Å². The van der Waals surface area contributed by atoms with E-state index in [0.717, 1.165) is 32.4 Å². The van der Waals surface area contributed by atoms with E-state index in [1.165, 1.54) is 0 Å². The molecule has 2 N–H and O–H groups in total. The first-order valence-electron chi connectivity index (χ1n) is 7.23. The Balaban J connectivity index is 0.00000361. The smallest absolute Gasteiger partial charge is 0.241 e. The minimum atomic E-state index is -0.0271. The third kappa shape index (κ3) is 7.10. The molecule has 118 valence electrons. The van der Waals surface area contributed by atoms with Crippen molar-refractivity contribution in [2.75, 3.05) is 26.7 Å². The molecule has 1 rings (SSSR count). The number of likely N-dealkylation sites (N-methyl/N-ethyl adjacent to an activating group) is 1. The van der Waals surface area contributed by atoms with Gasteiger partial charge in [-0.1, -0.05) is 13.8 Å². The van der Waals surface area contributed by atoms with Gasteiger partial charge in [0.15, 0.2) is 0 Å². The van der Waals surface area contributed by atoms with Crippen molar-refractivity contribution in [1.29, 1.82) is 0 Å². The van der Waals surface area contributed by atoms with Gasteiger partial charge in [-0.3, -0.25) is 9.59 Å². The number of carbonyl (C=O) groups excluding carboxylic acids is 2. The van der Waals surface area contributed by atoms with Gasteiger partial charge in [-0.05, 0) is 38.3 Å². The molecule has 0 spiro atoms. The van der Waals surface area contributed by atoms with Crippen LogP contribution in [0.3, 0.4) is 0 Å². The molecule has 1 fully saturated rings. The summed E-state index contributed by atoms with van der Waals surface area (Å²) in [5.74, 6) is 0.490. The Bertz CT molecular complexity index is 305. The fraction of sp³-hybridized carbons (Fsp3) is 0.857. The van der Waals surface area contributed by atoms with Crippen molar-refractivity contribution in [3.63, 3.8) is 0 Å². The number of nitrogens with zero attached hydrogens (tertiary/aromatic N) is 1. The molecule has 0 bridgehead atoms. The van der Waals surface area contributed by atoms with Crippen LogP contribution in [-0.4, -0.2) is 49.4 Å². The van der Waals surface area contributed by atoms with Crippen LogP contribution in [0.15, 0.2) is 0 Å². The topological polar surface area (TPSA) is 61.4 Å². The molecule has 1 saturated heterocycles. The van der Waals surface area contributed by atoms with Crippen molar-refractivity contribution in [1.82, 2.24) is 15.5 Å². The highest BCUT2D eigenvalue weighted by molar-refractivity contribution is 5.85. The standard InChI is InChI=1S/C14H27N3O2.ClH/c1-11(2)4-5-13(18)16-10-14(19)17(3)12-6-8-15-9-7-12;/h11-12,15H,4-10H2,1-3H3,(H,16,18);1H. The Morgan fingerprint density at radius 1 is 1.30 bits per heavy atom. The minimum absolute atomic E-state index is 0. The van der Waals surface area contributed by atoms with E-state index >= 15 is 0 Å². The van der Waals surface area contributed by atoms with E-state index in [0.29, 0.717) is 18.4 Å². The summed E-state index contributed by atoms with van der Waals surface area (Å²) in [6.07, 6.45) is 3.35. The Kier molecular flexibility index (Phi) is 9.59. The van der Waals surface area contributed by atoms with Crippen LogP contribution in [0.5, 0.6) is 0 Å². The molecule has 1 heterocycles. The zero-order valence-electron chi connectivity index (χ0n) is 12.8. The maximum atomic E-state index is 12.0. The van der Waals surface area contributed by atoms with E-state index in [2.05, 4.69) is 24.5 Å². The van der Waals surface area contributed by atoms with Gasteiger partial charge in [0.25, 0.3) is 0 Å². The number of halogens is 1. The van der Waals surface area contributed by atoms with Crippen molar-refractivity contribution in [2.45, 2.75) is 45.6 Å². The lowest BCUT2D eigenvalue weighted by molar-refractivity contribution is -0.133.